The summed E-state index contributed by atoms with van der Waals surface area (Å²) in [4.78, 5) is 4.96. The lowest BCUT2D eigenvalue weighted by molar-refractivity contribution is -0.265. The van der Waals surface area contributed by atoms with E-state index in [1.54, 1.807) is 0 Å². The summed E-state index contributed by atoms with van der Waals surface area (Å²) in [6, 6.07) is 0.980. The highest BCUT2D eigenvalue weighted by molar-refractivity contribution is 7.61. The predicted molar refractivity (Wildman–Crippen MR) is 86.5 cm³/mol. The van der Waals surface area contributed by atoms with Crippen LogP contribution in [-0.2, 0) is 0 Å². The Hall–Kier alpha value is 0.0700. The molecule has 3 aliphatic heterocycles. The molecular weight excluding hydrogens is 269 g/mol. The minimum Gasteiger partial charge on any atom is -0.238 e. The summed E-state index contributed by atoms with van der Waals surface area (Å²) in [7, 11) is -1.73. The van der Waals surface area contributed by atoms with E-state index in [2.05, 4.69) is 88.7 Å². The first-order chi connectivity index (χ1) is 8.85. The van der Waals surface area contributed by atoms with Gasteiger partial charge in [-0.05, 0) is 74.5 Å². The molecule has 3 rings (SSSR count). The molecule has 0 saturated carbocycles. The van der Waals surface area contributed by atoms with Crippen LogP contribution in [0.15, 0.2) is 4.85 Å². The Morgan fingerprint density at radius 3 is 1.35 bits per heavy atom. The van der Waals surface area contributed by atoms with Crippen LogP contribution in [0.1, 0.15) is 69.2 Å². The van der Waals surface area contributed by atoms with Crippen LogP contribution in [0.5, 0.6) is 0 Å². The Labute approximate surface area is 125 Å². The van der Waals surface area contributed by atoms with Gasteiger partial charge in [0.1, 0.15) is 0 Å². The van der Waals surface area contributed by atoms with E-state index in [-0.39, 0.29) is 11.1 Å². The zero-order chi connectivity index (χ0) is 15.7. The van der Waals surface area contributed by atoms with E-state index in [9.17, 15) is 0 Å². The van der Waals surface area contributed by atoms with Gasteiger partial charge in [-0.3, -0.25) is 0 Å². The van der Waals surface area contributed by atoms with Crippen molar-refractivity contribution < 1.29 is 0 Å². The fourth-order valence-corrected chi connectivity index (χ4v) is 7.71. The maximum absolute atomic E-state index is 4.96. The highest BCUT2D eigenvalue weighted by atomic mass is 31.2. The number of hydrazine groups is 2. The molecule has 1 saturated heterocycles. The number of rotatable bonds is 3. The molecule has 3 heterocycles. The van der Waals surface area contributed by atoms with E-state index in [0.29, 0.717) is 12.1 Å². The lowest BCUT2D eigenvalue weighted by Gasteiger charge is -2.76. The van der Waals surface area contributed by atoms with Crippen molar-refractivity contribution in [3.05, 3.63) is 0 Å². The van der Waals surface area contributed by atoms with Gasteiger partial charge in [0.25, 0.3) is 0 Å². The molecule has 1 fully saturated rings. The average Bonchev–Trinajstić information content (AvgIpc) is 2.02. The first kappa shape index (κ1) is 16.4. The SMILES string of the molecule is CC(C)N(C(C)C)P12=NN(N1C(C)(C)C)N2C(C)(C)C. The lowest BCUT2D eigenvalue weighted by atomic mass is 10.1. The molecule has 0 N–H and O–H groups in total. The summed E-state index contributed by atoms with van der Waals surface area (Å²) in [5.41, 5.74) is 0.221. The molecule has 5 nitrogen and oxygen atoms in total. The van der Waals surface area contributed by atoms with Crippen molar-refractivity contribution in [3.8, 4) is 0 Å². The highest BCUT2D eigenvalue weighted by Gasteiger charge is 2.72. The summed E-state index contributed by atoms with van der Waals surface area (Å²) in [6.07, 6.45) is 0. The van der Waals surface area contributed by atoms with Crippen LogP contribution in [0.25, 0.3) is 0 Å². The molecule has 0 aromatic carbocycles. The molecule has 0 aromatic rings. The van der Waals surface area contributed by atoms with Gasteiger partial charge < -0.3 is 0 Å². The maximum atomic E-state index is 4.96. The van der Waals surface area contributed by atoms with Gasteiger partial charge in [-0.15, -0.1) is 14.4 Å². The molecule has 0 spiro atoms. The monoisotopic (exact) mass is 301 g/mol. The summed E-state index contributed by atoms with van der Waals surface area (Å²) >= 11 is 0. The van der Waals surface area contributed by atoms with Crippen molar-refractivity contribution in [2.24, 2.45) is 4.85 Å². The van der Waals surface area contributed by atoms with Crippen LogP contribution >= 0.6 is 7.51 Å². The number of hydrogen-bond donors (Lipinski definition) is 0. The maximum Gasteiger partial charge on any atom is 0.222 e. The van der Waals surface area contributed by atoms with E-state index in [1.807, 2.05) is 0 Å². The summed E-state index contributed by atoms with van der Waals surface area (Å²) in [5, 5.41) is 2.10. The topological polar surface area (TPSA) is 25.3 Å². The third-order valence-corrected chi connectivity index (χ3v) is 8.10. The Morgan fingerprint density at radius 2 is 1.15 bits per heavy atom. The summed E-state index contributed by atoms with van der Waals surface area (Å²) in [6.45, 7) is 22.8. The minimum absolute atomic E-state index is 0.110. The Morgan fingerprint density at radius 1 is 0.800 bits per heavy atom. The van der Waals surface area contributed by atoms with Gasteiger partial charge >= 0.3 is 0 Å². The quantitative estimate of drug-likeness (QED) is 0.725. The molecule has 2 bridgehead atoms. The van der Waals surface area contributed by atoms with Crippen LogP contribution in [-0.4, -0.2) is 42.6 Å². The largest absolute Gasteiger partial charge is 0.238 e. The normalized spacial score (nSPS) is 31.6. The van der Waals surface area contributed by atoms with E-state index in [0.717, 1.165) is 0 Å². The Bertz CT molecular complexity index is 409. The number of hydrogen-bond acceptors (Lipinski definition) is 5. The first-order valence-electron chi connectivity index (χ1n) is 7.67. The second kappa shape index (κ2) is 4.53. The third kappa shape index (κ3) is 2.02. The van der Waals surface area contributed by atoms with Crippen molar-refractivity contribution in [1.82, 2.24) is 19.5 Å². The van der Waals surface area contributed by atoms with E-state index >= 15 is 0 Å². The van der Waals surface area contributed by atoms with E-state index in [4.69, 9.17) is 4.85 Å². The van der Waals surface area contributed by atoms with Crippen molar-refractivity contribution in [2.75, 3.05) is 0 Å². The van der Waals surface area contributed by atoms with Gasteiger partial charge in [-0.1, -0.05) is 0 Å². The molecule has 0 aromatic heterocycles. The van der Waals surface area contributed by atoms with Crippen molar-refractivity contribution in [3.63, 3.8) is 0 Å². The van der Waals surface area contributed by atoms with Gasteiger partial charge in [0.2, 0.25) is 7.51 Å². The van der Waals surface area contributed by atoms with Crippen LogP contribution in [0.3, 0.4) is 0 Å². The van der Waals surface area contributed by atoms with Crippen LogP contribution in [0.2, 0.25) is 0 Å². The van der Waals surface area contributed by atoms with Crippen molar-refractivity contribution in [2.45, 2.75) is 92.4 Å². The zero-order valence-corrected chi connectivity index (χ0v) is 15.7. The van der Waals surface area contributed by atoms with Crippen LogP contribution in [0.4, 0.5) is 0 Å². The standard InChI is InChI=1S/C14H32N5P/c1-11(2)16(12(3)4)20-15-19(17(20)13(5,6)7)18(20)14(8,9)10/h11-12H,1-10H3. The average molecular weight is 301 g/mol. The van der Waals surface area contributed by atoms with Crippen LogP contribution in [0, 0.1) is 0 Å². The molecule has 6 heteroatoms. The molecule has 0 aliphatic carbocycles. The van der Waals surface area contributed by atoms with E-state index < -0.39 is 7.51 Å². The lowest BCUT2D eigenvalue weighted by Crippen LogP contribution is -2.79. The molecule has 3 aliphatic rings. The van der Waals surface area contributed by atoms with Crippen molar-refractivity contribution in [1.29, 1.82) is 0 Å². The summed E-state index contributed by atoms with van der Waals surface area (Å²) < 4.78 is 7.62. The second-order valence-electron chi connectivity index (χ2n) is 8.38. The van der Waals surface area contributed by atoms with Gasteiger partial charge in [0.15, 0.2) is 0 Å². The van der Waals surface area contributed by atoms with E-state index in [1.165, 1.54) is 0 Å². The van der Waals surface area contributed by atoms with Gasteiger partial charge in [-0.25, -0.2) is 4.67 Å². The molecule has 0 unspecified atom stereocenters. The van der Waals surface area contributed by atoms with Gasteiger partial charge in [0.05, 0.1) is 0 Å². The highest BCUT2D eigenvalue weighted by Crippen LogP contribution is 2.82. The zero-order valence-electron chi connectivity index (χ0n) is 14.8. The minimum atomic E-state index is -1.73. The van der Waals surface area contributed by atoms with Crippen LogP contribution < -0.4 is 0 Å². The fraction of sp³-hybridized carbons (Fsp3) is 1.00. The number of nitrogens with zero attached hydrogens (tertiary/aromatic N) is 5. The van der Waals surface area contributed by atoms with Crippen molar-refractivity contribution >= 4 is 7.51 Å². The molecule has 0 radical (unpaired) electrons. The Kier molecular flexibility index (Phi) is 3.72. The first-order valence-corrected chi connectivity index (χ1v) is 9.27. The molecule has 0 amide bonds. The fourth-order valence-electron chi connectivity index (χ4n) is 3.34. The Balaban J connectivity index is 2.47. The predicted octanol–water partition coefficient (Wildman–Crippen LogP) is 4.33. The molecule has 0 atom stereocenters. The smallest absolute Gasteiger partial charge is 0.222 e. The molecule has 118 valence electrons. The second-order valence-corrected chi connectivity index (χ2v) is 10.9. The van der Waals surface area contributed by atoms with Gasteiger partial charge in [-0.2, -0.15) is 0 Å². The van der Waals surface area contributed by atoms with Gasteiger partial charge in [0, 0.05) is 23.2 Å². The summed E-state index contributed by atoms with van der Waals surface area (Å²) in [5.74, 6) is 0. The molecule has 20 heavy (non-hydrogen) atoms. The molecular formula is C14H32N5P. The third-order valence-electron chi connectivity index (χ3n) is 3.62.